The molecule has 0 saturated carbocycles. The van der Waals surface area contributed by atoms with Crippen LogP contribution in [0.4, 0.5) is 0 Å². The highest BCUT2D eigenvalue weighted by Gasteiger charge is 2.45. The number of fused-ring (bicyclic) bond motifs is 1. The van der Waals surface area contributed by atoms with E-state index in [0.29, 0.717) is 5.78 Å². The van der Waals surface area contributed by atoms with Crippen molar-refractivity contribution in [1.29, 1.82) is 0 Å². The van der Waals surface area contributed by atoms with Crippen molar-refractivity contribution in [3.05, 3.63) is 35.4 Å². The number of hydrogen-bond acceptors (Lipinski definition) is 2. The molecule has 0 aromatic heterocycles. The summed E-state index contributed by atoms with van der Waals surface area (Å²) in [7, 11) is 0. The molecule has 2 nitrogen and oxygen atoms in total. The van der Waals surface area contributed by atoms with Gasteiger partial charge in [-0.25, -0.2) is 0 Å². The van der Waals surface area contributed by atoms with Gasteiger partial charge in [-0.05, 0) is 24.8 Å². The fourth-order valence-electron chi connectivity index (χ4n) is 2.79. The monoisotopic (exact) mass is 202 g/mol. The maximum absolute atomic E-state index is 12.3. The predicted molar refractivity (Wildman–Crippen MR) is 57.0 cm³/mol. The van der Waals surface area contributed by atoms with Gasteiger partial charge in [0.2, 0.25) is 0 Å². The molecule has 2 heteroatoms. The minimum Gasteiger partial charge on any atom is -0.381 e. The second kappa shape index (κ2) is 3.17. The normalized spacial score (nSPS) is 23.1. The molecule has 0 bridgehead atoms. The molecule has 1 fully saturated rings. The number of Topliss-reactive ketones (excluding diaryl/α,β-unsaturated/α-hetero) is 1. The minimum atomic E-state index is -0.123. The second-order valence-electron chi connectivity index (χ2n) is 4.56. The van der Waals surface area contributed by atoms with Crippen LogP contribution in [0.15, 0.2) is 24.3 Å². The van der Waals surface area contributed by atoms with Crippen LogP contribution in [0.5, 0.6) is 0 Å². The average molecular weight is 202 g/mol. The largest absolute Gasteiger partial charge is 0.381 e. The lowest BCUT2D eigenvalue weighted by Gasteiger charge is -2.31. The molecule has 1 aliphatic carbocycles. The summed E-state index contributed by atoms with van der Waals surface area (Å²) < 4.78 is 5.35. The van der Waals surface area contributed by atoms with E-state index in [1.165, 1.54) is 5.56 Å². The highest BCUT2D eigenvalue weighted by Crippen LogP contribution is 2.43. The summed E-state index contributed by atoms with van der Waals surface area (Å²) >= 11 is 0. The van der Waals surface area contributed by atoms with Crippen molar-refractivity contribution in [3.8, 4) is 0 Å². The Kier molecular flexibility index (Phi) is 1.93. The van der Waals surface area contributed by atoms with Gasteiger partial charge in [0, 0.05) is 24.2 Å². The van der Waals surface area contributed by atoms with Gasteiger partial charge in [0.05, 0.1) is 0 Å². The molecule has 0 atom stereocenters. The first-order chi connectivity index (χ1) is 7.32. The predicted octanol–water partition coefficient (Wildman–Crippen LogP) is 2.22. The van der Waals surface area contributed by atoms with Crippen molar-refractivity contribution in [2.45, 2.75) is 19.3 Å². The van der Waals surface area contributed by atoms with E-state index in [2.05, 4.69) is 6.07 Å². The molecular formula is C13H14O2. The Morgan fingerprint density at radius 2 is 1.87 bits per heavy atom. The molecule has 1 saturated heterocycles. The molecular weight excluding hydrogens is 188 g/mol. The van der Waals surface area contributed by atoms with Crippen molar-refractivity contribution >= 4 is 5.78 Å². The van der Waals surface area contributed by atoms with Gasteiger partial charge in [-0.1, -0.05) is 24.3 Å². The average Bonchev–Trinajstić information content (AvgIpc) is 2.54. The topological polar surface area (TPSA) is 26.3 Å². The van der Waals surface area contributed by atoms with E-state index >= 15 is 0 Å². The van der Waals surface area contributed by atoms with Crippen LogP contribution in [0, 0.1) is 5.41 Å². The number of hydrogen-bond donors (Lipinski definition) is 0. The molecule has 78 valence electrons. The molecule has 1 aromatic rings. The Balaban J connectivity index is 2.01. The third-order valence-corrected chi connectivity index (χ3v) is 3.72. The summed E-state index contributed by atoms with van der Waals surface area (Å²) in [6.07, 6.45) is 2.70. The van der Waals surface area contributed by atoms with Crippen LogP contribution in [0.1, 0.15) is 28.8 Å². The van der Waals surface area contributed by atoms with Crippen LogP contribution in [0.3, 0.4) is 0 Å². The van der Waals surface area contributed by atoms with Crippen LogP contribution >= 0.6 is 0 Å². The van der Waals surface area contributed by atoms with Crippen molar-refractivity contribution < 1.29 is 9.53 Å². The molecule has 0 N–H and O–H groups in total. The van der Waals surface area contributed by atoms with E-state index in [4.69, 9.17) is 4.74 Å². The van der Waals surface area contributed by atoms with Gasteiger partial charge in [0.15, 0.2) is 5.78 Å². The van der Waals surface area contributed by atoms with E-state index in [0.717, 1.165) is 38.0 Å². The molecule has 3 rings (SSSR count). The molecule has 1 aliphatic heterocycles. The van der Waals surface area contributed by atoms with Crippen LogP contribution in [-0.2, 0) is 11.2 Å². The third kappa shape index (κ3) is 1.25. The van der Waals surface area contributed by atoms with Crippen molar-refractivity contribution in [3.63, 3.8) is 0 Å². The molecule has 1 spiro atoms. The van der Waals surface area contributed by atoms with E-state index in [1.54, 1.807) is 0 Å². The van der Waals surface area contributed by atoms with Crippen LogP contribution < -0.4 is 0 Å². The van der Waals surface area contributed by atoms with E-state index < -0.39 is 0 Å². The quantitative estimate of drug-likeness (QED) is 0.644. The van der Waals surface area contributed by atoms with Gasteiger partial charge >= 0.3 is 0 Å². The number of carbonyl (C=O) groups excluding carboxylic acids is 1. The summed E-state index contributed by atoms with van der Waals surface area (Å²) in [6.45, 7) is 1.47. The Morgan fingerprint density at radius 3 is 2.60 bits per heavy atom. The standard InChI is InChI=1S/C13H14O2/c14-12-11-4-2-1-3-10(11)9-13(12)5-7-15-8-6-13/h1-4H,5-9H2. The smallest absolute Gasteiger partial charge is 0.169 e. The number of benzene rings is 1. The van der Waals surface area contributed by atoms with Crippen LogP contribution in [0.2, 0.25) is 0 Å². The Bertz CT molecular complexity index is 403. The van der Waals surface area contributed by atoms with Gasteiger partial charge in [-0.15, -0.1) is 0 Å². The lowest BCUT2D eigenvalue weighted by atomic mass is 9.77. The lowest BCUT2D eigenvalue weighted by Crippen LogP contribution is -2.34. The molecule has 15 heavy (non-hydrogen) atoms. The molecule has 1 aromatic carbocycles. The summed E-state index contributed by atoms with van der Waals surface area (Å²) in [6, 6.07) is 8.01. The van der Waals surface area contributed by atoms with Gasteiger partial charge in [-0.3, -0.25) is 4.79 Å². The number of rotatable bonds is 0. The van der Waals surface area contributed by atoms with Crippen molar-refractivity contribution in [2.24, 2.45) is 5.41 Å². The highest BCUT2D eigenvalue weighted by atomic mass is 16.5. The molecule has 0 unspecified atom stereocenters. The third-order valence-electron chi connectivity index (χ3n) is 3.72. The van der Waals surface area contributed by atoms with Gasteiger partial charge in [0.25, 0.3) is 0 Å². The summed E-state index contributed by atoms with van der Waals surface area (Å²) in [4.78, 5) is 12.3. The van der Waals surface area contributed by atoms with E-state index in [-0.39, 0.29) is 5.41 Å². The zero-order valence-electron chi connectivity index (χ0n) is 8.66. The zero-order valence-corrected chi connectivity index (χ0v) is 8.66. The van der Waals surface area contributed by atoms with Crippen molar-refractivity contribution in [2.75, 3.05) is 13.2 Å². The summed E-state index contributed by atoms with van der Waals surface area (Å²) in [5, 5.41) is 0. The Hall–Kier alpha value is -1.15. The molecule has 0 radical (unpaired) electrons. The van der Waals surface area contributed by atoms with Gasteiger partial charge < -0.3 is 4.74 Å². The van der Waals surface area contributed by atoms with Gasteiger partial charge in [-0.2, -0.15) is 0 Å². The van der Waals surface area contributed by atoms with Crippen LogP contribution in [0.25, 0.3) is 0 Å². The highest BCUT2D eigenvalue weighted by molar-refractivity contribution is 6.04. The van der Waals surface area contributed by atoms with Crippen LogP contribution in [-0.4, -0.2) is 19.0 Å². The number of ether oxygens (including phenoxy) is 1. The fourth-order valence-corrected chi connectivity index (χ4v) is 2.79. The second-order valence-corrected chi connectivity index (χ2v) is 4.56. The van der Waals surface area contributed by atoms with Crippen molar-refractivity contribution in [1.82, 2.24) is 0 Å². The summed E-state index contributed by atoms with van der Waals surface area (Å²) in [5.41, 5.74) is 2.05. The maximum atomic E-state index is 12.3. The molecule has 2 aliphatic rings. The first-order valence-electron chi connectivity index (χ1n) is 5.52. The van der Waals surface area contributed by atoms with E-state index in [9.17, 15) is 4.79 Å². The minimum absolute atomic E-state index is 0.123. The van der Waals surface area contributed by atoms with Gasteiger partial charge in [0.1, 0.15) is 0 Å². The fraction of sp³-hybridized carbons (Fsp3) is 0.462. The number of ketones is 1. The zero-order chi connectivity index (χ0) is 10.3. The SMILES string of the molecule is O=C1c2ccccc2CC12CCOCC2. The maximum Gasteiger partial charge on any atom is 0.169 e. The van der Waals surface area contributed by atoms with E-state index in [1.807, 2.05) is 18.2 Å². The Labute approximate surface area is 89.2 Å². The Morgan fingerprint density at radius 1 is 1.13 bits per heavy atom. The first kappa shape index (κ1) is 9.10. The first-order valence-corrected chi connectivity index (χ1v) is 5.52. The lowest BCUT2D eigenvalue weighted by molar-refractivity contribution is 0.0205. The number of carbonyl (C=O) groups is 1. The summed E-state index contributed by atoms with van der Waals surface area (Å²) in [5.74, 6) is 0.349. The molecule has 0 amide bonds. The molecule has 1 heterocycles.